The van der Waals surface area contributed by atoms with Crippen molar-refractivity contribution in [2.75, 3.05) is 20.2 Å². The number of fused-ring (bicyclic) bond motifs is 2. The molecule has 2 heterocycles. The minimum Gasteiger partial charge on any atom is -0.497 e. The Morgan fingerprint density at radius 3 is 2.31 bits per heavy atom. The van der Waals surface area contributed by atoms with Gasteiger partial charge < -0.3 is 19.8 Å². The number of carbonyl (C=O) groups is 3. The fourth-order valence-corrected chi connectivity index (χ4v) is 6.22. The summed E-state index contributed by atoms with van der Waals surface area (Å²) in [7, 11) is 1.57. The first-order valence-corrected chi connectivity index (χ1v) is 16.6. The van der Waals surface area contributed by atoms with Crippen LogP contribution in [0.15, 0.2) is 75.9 Å². The summed E-state index contributed by atoms with van der Waals surface area (Å²) in [4.78, 5) is 52.0. The zero-order valence-electron chi connectivity index (χ0n) is 27.7. The second kappa shape index (κ2) is 15.3. The first kappa shape index (κ1) is 34.4. The number of benzene rings is 3. The Labute approximate surface area is 284 Å². The van der Waals surface area contributed by atoms with Crippen molar-refractivity contribution in [1.82, 2.24) is 15.2 Å². The number of hydrogen-bond donors (Lipinski definition) is 2. The van der Waals surface area contributed by atoms with Crippen LogP contribution in [0.1, 0.15) is 83.0 Å². The highest BCUT2D eigenvalue weighted by molar-refractivity contribution is 6.30. The Balaban J connectivity index is 1.16. The molecule has 0 radical (unpaired) electrons. The third-order valence-electron chi connectivity index (χ3n) is 8.85. The van der Waals surface area contributed by atoms with Crippen LogP contribution in [0, 0.1) is 6.92 Å². The Morgan fingerprint density at radius 1 is 0.917 bits per heavy atom. The average Bonchev–Trinajstić information content (AvgIpc) is 3.35. The van der Waals surface area contributed by atoms with Crippen molar-refractivity contribution in [1.29, 1.82) is 0 Å². The van der Waals surface area contributed by atoms with E-state index >= 15 is 0 Å². The molecule has 2 N–H and O–H groups in total. The predicted octanol–water partition coefficient (Wildman–Crippen LogP) is 7.18. The minimum absolute atomic E-state index is 0.0354. The van der Waals surface area contributed by atoms with E-state index in [1.807, 2.05) is 37.3 Å². The van der Waals surface area contributed by atoms with Crippen molar-refractivity contribution in [2.24, 2.45) is 0 Å². The summed E-state index contributed by atoms with van der Waals surface area (Å²) in [5.74, 6) is 0.105. The molecule has 0 fully saturated rings. The molecule has 48 heavy (non-hydrogen) atoms. The molecule has 5 aromatic rings. The summed E-state index contributed by atoms with van der Waals surface area (Å²) < 4.78 is 12.5. The summed E-state index contributed by atoms with van der Waals surface area (Å²) in [5, 5.41) is 7.72. The second-order valence-corrected chi connectivity index (χ2v) is 12.3. The van der Waals surface area contributed by atoms with Crippen LogP contribution in [-0.4, -0.2) is 42.5 Å². The molecule has 2 amide bonds. The molecule has 9 nitrogen and oxygen atoms in total. The number of nitrogens with one attached hydrogen (secondary N) is 2. The van der Waals surface area contributed by atoms with Gasteiger partial charge in [-0.3, -0.25) is 19.0 Å². The van der Waals surface area contributed by atoms with Crippen molar-refractivity contribution in [3.8, 4) is 5.75 Å². The molecule has 0 unspecified atom stereocenters. The minimum atomic E-state index is -0.668. The van der Waals surface area contributed by atoms with Crippen LogP contribution >= 0.6 is 11.6 Å². The molecule has 10 heteroatoms. The van der Waals surface area contributed by atoms with E-state index in [1.165, 1.54) is 0 Å². The van der Waals surface area contributed by atoms with Gasteiger partial charge in [0.15, 0.2) is 0 Å². The van der Waals surface area contributed by atoms with Crippen LogP contribution in [0.5, 0.6) is 5.75 Å². The molecule has 0 aliphatic heterocycles. The fourth-order valence-electron chi connectivity index (χ4n) is 6.09. The number of methoxy groups -OCH3 is 1. The summed E-state index contributed by atoms with van der Waals surface area (Å²) in [6.45, 7) is 6.82. The lowest BCUT2D eigenvalue weighted by Gasteiger charge is -2.13. The smallest absolute Gasteiger partial charge is 0.349 e. The van der Waals surface area contributed by atoms with Crippen LogP contribution in [-0.2, 0) is 11.2 Å². The number of unbranched alkanes of at least 4 members (excludes halogenated alkanes) is 1. The fraction of sp³-hybridized carbons (Fsp3) is 0.316. The van der Waals surface area contributed by atoms with Gasteiger partial charge >= 0.3 is 5.63 Å². The molecular weight excluding hydrogens is 630 g/mol. The van der Waals surface area contributed by atoms with Gasteiger partial charge in [0, 0.05) is 40.1 Å². The van der Waals surface area contributed by atoms with Gasteiger partial charge in [-0.2, -0.15) is 0 Å². The lowest BCUT2D eigenvalue weighted by atomic mass is 9.93. The number of rotatable bonds is 13. The number of nitrogens with zero attached hydrogens (tertiary/aromatic N) is 1. The summed E-state index contributed by atoms with van der Waals surface area (Å²) in [5.41, 5.74) is 3.45. The van der Waals surface area contributed by atoms with E-state index in [0.717, 1.165) is 29.4 Å². The zero-order chi connectivity index (χ0) is 34.4. The Kier molecular flexibility index (Phi) is 11.0. The van der Waals surface area contributed by atoms with Gasteiger partial charge in [0.1, 0.15) is 16.9 Å². The van der Waals surface area contributed by atoms with Crippen LogP contribution in [0.25, 0.3) is 21.9 Å². The van der Waals surface area contributed by atoms with E-state index in [4.69, 9.17) is 20.8 Å². The molecule has 0 saturated heterocycles. The van der Waals surface area contributed by atoms with Crippen molar-refractivity contribution in [3.05, 3.63) is 110 Å². The Morgan fingerprint density at radius 2 is 1.62 bits per heavy atom. The van der Waals surface area contributed by atoms with E-state index in [1.54, 1.807) is 48.1 Å². The number of amides is 2. The molecule has 2 aromatic heterocycles. The van der Waals surface area contributed by atoms with Gasteiger partial charge in [0.05, 0.1) is 19.0 Å². The van der Waals surface area contributed by atoms with Gasteiger partial charge in [-0.15, -0.1) is 0 Å². The van der Waals surface area contributed by atoms with Gasteiger partial charge in [-0.1, -0.05) is 37.6 Å². The molecule has 0 spiro atoms. The summed E-state index contributed by atoms with van der Waals surface area (Å²) in [6.07, 6.45) is 3.26. The van der Waals surface area contributed by atoms with E-state index in [0.29, 0.717) is 70.4 Å². The molecular formula is C38H40ClN3O6. The van der Waals surface area contributed by atoms with Crippen LogP contribution in [0.3, 0.4) is 0 Å². The maximum Gasteiger partial charge on any atom is 0.349 e. The maximum absolute atomic E-state index is 13.5. The van der Waals surface area contributed by atoms with Crippen molar-refractivity contribution < 1.29 is 23.5 Å². The number of carbonyl (C=O) groups excluding carboxylic acids is 3. The predicted molar refractivity (Wildman–Crippen MR) is 188 cm³/mol. The van der Waals surface area contributed by atoms with Crippen LogP contribution in [0.2, 0.25) is 5.02 Å². The monoisotopic (exact) mass is 669 g/mol. The SMILES string of the molecule is CCC(CC)c1ccc2cc(C(=O)NCCCCNC(=O)Cc3c(C)n(C(=O)c4ccc(Cl)cc4)c4ccc(OC)cc34)c(=O)oc2c1. The molecule has 0 aliphatic carbocycles. The second-order valence-electron chi connectivity index (χ2n) is 11.8. The average molecular weight is 670 g/mol. The topological polar surface area (TPSA) is 120 Å². The highest BCUT2D eigenvalue weighted by Crippen LogP contribution is 2.31. The number of ether oxygens (including phenoxy) is 1. The molecule has 0 saturated carbocycles. The zero-order valence-corrected chi connectivity index (χ0v) is 28.4. The largest absolute Gasteiger partial charge is 0.497 e. The van der Waals surface area contributed by atoms with Gasteiger partial charge in [0.25, 0.3) is 11.8 Å². The normalized spacial score (nSPS) is 11.3. The van der Waals surface area contributed by atoms with E-state index in [-0.39, 0.29) is 23.8 Å². The maximum atomic E-state index is 13.5. The molecule has 0 atom stereocenters. The highest BCUT2D eigenvalue weighted by Gasteiger charge is 2.22. The Bertz CT molecular complexity index is 2020. The Hall–Kier alpha value is -4.89. The lowest BCUT2D eigenvalue weighted by molar-refractivity contribution is -0.120. The van der Waals surface area contributed by atoms with Gasteiger partial charge in [-0.25, -0.2) is 4.79 Å². The lowest BCUT2D eigenvalue weighted by Crippen LogP contribution is -2.30. The third kappa shape index (κ3) is 7.47. The van der Waals surface area contributed by atoms with Gasteiger partial charge in [0.2, 0.25) is 5.91 Å². The van der Waals surface area contributed by atoms with Gasteiger partial charge in [-0.05, 0) is 104 Å². The first-order valence-electron chi connectivity index (χ1n) is 16.3. The van der Waals surface area contributed by atoms with Crippen molar-refractivity contribution in [3.63, 3.8) is 0 Å². The highest BCUT2D eigenvalue weighted by atomic mass is 35.5. The van der Waals surface area contributed by atoms with Crippen molar-refractivity contribution in [2.45, 2.75) is 58.8 Å². The van der Waals surface area contributed by atoms with E-state index < -0.39 is 11.5 Å². The van der Waals surface area contributed by atoms with E-state index in [2.05, 4.69) is 24.5 Å². The first-order chi connectivity index (χ1) is 23.1. The quantitative estimate of drug-likeness (QED) is 0.101. The van der Waals surface area contributed by atoms with Crippen LogP contribution in [0.4, 0.5) is 0 Å². The number of aromatic nitrogens is 1. The molecule has 0 aliphatic rings. The standard InChI is InChI=1S/C38H40ClN3O6/c1-5-24(6-2)26-9-10-27-19-32(38(46)48-34(27)20-26)36(44)41-18-8-7-17-40-35(43)22-30-23(3)42(33-16-15-29(47-4)21-31(30)33)37(45)25-11-13-28(39)14-12-25/h9-16,19-21,24H,5-8,17-18,22H2,1-4H3,(H,40,43)(H,41,44). The third-order valence-corrected chi connectivity index (χ3v) is 9.10. The number of hydrogen-bond acceptors (Lipinski definition) is 6. The summed E-state index contributed by atoms with van der Waals surface area (Å²) >= 11 is 6.02. The summed E-state index contributed by atoms with van der Waals surface area (Å²) in [6, 6.07) is 19.5. The molecule has 3 aromatic carbocycles. The number of halogens is 1. The van der Waals surface area contributed by atoms with E-state index in [9.17, 15) is 19.2 Å². The molecule has 5 rings (SSSR count). The van der Waals surface area contributed by atoms with Crippen LogP contribution < -0.4 is 21.0 Å². The molecule has 0 bridgehead atoms. The van der Waals surface area contributed by atoms with Crippen molar-refractivity contribution >= 4 is 51.2 Å². The molecule has 250 valence electrons.